The van der Waals surface area contributed by atoms with Gasteiger partial charge in [0.2, 0.25) is 0 Å². The fourth-order valence-electron chi connectivity index (χ4n) is 5.75. The highest BCUT2D eigenvalue weighted by Gasteiger charge is 2.67. The first-order chi connectivity index (χ1) is 7.90. The quantitative estimate of drug-likeness (QED) is 0.566. The van der Waals surface area contributed by atoms with Gasteiger partial charge in [-0.3, -0.25) is 11.3 Å². The van der Waals surface area contributed by atoms with Crippen molar-refractivity contribution in [2.75, 3.05) is 0 Å². The zero-order valence-electron chi connectivity index (χ0n) is 10.1. The van der Waals surface area contributed by atoms with E-state index in [1.54, 1.807) is 6.42 Å². The molecule has 0 aromatic carbocycles. The van der Waals surface area contributed by atoms with Crippen molar-refractivity contribution >= 4 is 0 Å². The molecular weight excluding hydrogens is 196 g/mol. The molecule has 0 heterocycles. The zero-order valence-corrected chi connectivity index (χ0v) is 10.1. The number of nitrogens with one attached hydrogen (secondary N) is 1. The molecule has 4 aliphatic carbocycles. The predicted octanol–water partition coefficient (Wildman–Crippen LogP) is 2.30. The van der Waals surface area contributed by atoms with Crippen LogP contribution in [0.4, 0.5) is 0 Å². The van der Waals surface area contributed by atoms with Crippen molar-refractivity contribution in [3.8, 4) is 0 Å². The summed E-state index contributed by atoms with van der Waals surface area (Å²) in [6, 6.07) is 0.667. The highest BCUT2D eigenvalue weighted by atomic mass is 15.2. The first-order valence-electron chi connectivity index (χ1n) is 7.36. The Morgan fingerprint density at radius 3 is 2.12 bits per heavy atom. The second-order valence-corrected chi connectivity index (χ2v) is 6.80. The number of hydrogen-bond acceptors (Lipinski definition) is 2. The summed E-state index contributed by atoms with van der Waals surface area (Å²) in [4.78, 5) is 0. The van der Waals surface area contributed by atoms with Crippen LogP contribution in [0, 0.1) is 35.5 Å². The van der Waals surface area contributed by atoms with Gasteiger partial charge in [0, 0.05) is 6.04 Å². The fourth-order valence-corrected chi connectivity index (χ4v) is 5.75. The fraction of sp³-hybridized carbons (Fsp3) is 1.00. The maximum Gasteiger partial charge on any atom is 0.0272 e. The van der Waals surface area contributed by atoms with Gasteiger partial charge in [-0.15, -0.1) is 0 Å². The van der Waals surface area contributed by atoms with E-state index in [4.69, 9.17) is 5.84 Å². The molecule has 0 aromatic rings. The normalized spacial score (nSPS) is 51.9. The van der Waals surface area contributed by atoms with Gasteiger partial charge in [-0.2, -0.15) is 0 Å². The van der Waals surface area contributed by atoms with Crippen molar-refractivity contribution in [1.29, 1.82) is 0 Å². The maximum atomic E-state index is 5.86. The zero-order chi connectivity index (χ0) is 10.7. The molecule has 5 unspecified atom stereocenters. The van der Waals surface area contributed by atoms with Crippen LogP contribution in [0.2, 0.25) is 0 Å². The lowest BCUT2D eigenvalue weighted by Gasteiger charge is -2.25. The van der Waals surface area contributed by atoms with Crippen molar-refractivity contribution in [3.05, 3.63) is 0 Å². The van der Waals surface area contributed by atoms with Crippen LogP contribution in [0.5, 0.6) is 0 Å². The van der Waals surface area contributed by atoms with Gasteiger partial charge in [-0.25, -0.2) is 0 Å². The molecule has 4 aliphatic rings. The van der Waals surface area contributed by atoms with Crippen LogP contribution in [-0.2, 0) is 0 Å². The molecule has 4 fully saturated rings. The van der Waals surface area contributed by atoms with Crippen molar-refractivity contribution < 1.29 is 0 Å². The molecule has 2 nitrogen and oxygen atoms in total. The van der Waals surface area contributed by atoms with Crippen LogP contribution < -0.4 is 11.3 Å². The van der Waals surface area contributed by atoms with Gasteiger partial charge >= 0.3 is 0 Å². The van der Waals surface area contributed by atoms with Crippen LogP contribution in [-0.4, -0.2) is 6.04 Å². The Balaban J connectivity index is 1.50. The molecule has 5 atom stereocenters. The highest BCUT2D eigenvalue weighted by Crippen LogP contribution is 2.71. The number of hydrazine groups is 1. The summed E-state index contributed by atoms with van der Waals surface area (Å²) < 4.78 is 0. The third-order valence-electron chi connectivity index (χ3n) is 6.31. The molecule has 3 N–H and O–H groups in total. The SMILES string of the molecule is NNC(C1CCCC1)C1C2C3CCC(C3)C21. The molecule has 0 aliphatic heterocycles. The predicted molar refractivity (Wildman–Crippen MR) is 64.4 cm³/mol. The average molecular weight is 220 g/mol. The first-order valence-corrected chi connectivity index (χ1v) is 7.36. The summed E-state index contributed by atoms with van der Waals surface area (Å²) in [6.45, 7) is 0. The summed E-state index contributed by atoms with van der Waals surface area (Å²) >= 11 is 0. The molecule has 90 valence electrons. The summed E-state index contributed by atoms with van der Waals surface area (Å²) in [5.74, 6) is 12.1. The molecule has 16 heavy (non-hydrogen) atoms. The molecule has 0 spiro atoms. The molecule has 2 heteroatoms. The van der Waals surface area contributed by atoms with E-state index in [2.05, 4.69) is 5.43 Å². The lowest BCUT2D eigenvalue weighted by molar-refractivity contribution is 0.280. The molecule has 4 rings (SSSR count). The molecule has 2 bridgehead atoms. The van der Waals surface area contributed by atoms with Crippen LogP contribution >= 0.6 is 0 Å². The minimum absolute atomic E-state index is 0.667. The standard InChI is InChI=1S/C14H24N2/c15-16-14(8-3-1-2-4-8)13-11-9-5-6-10(7-9)12(11)13/h8-14,16H,1-7,15H2. The van der Waals surface area contributed by atoms with E-state index >= 15 is 0 Å². The average Bonchev–Trinajstić information content (AvgIpc) is 2.78. The van der Waals surface area contributed by atoms with Crippen LogP contribution in [0.1, 0.15) is 44.9 Å². The summed E-state index contributed by atoms with van der Waals surface area (Å²) in [6.07, 6.45) is 10.4. The second-order valence-electron chi connectivity index (χ2n) is 6.80. The van der Waals surface area contributed by atoms with Gasteiger partial charge in [-0.05, 0) is 67.6 Å². The van der Waals surface area contributed by atoms with Crippen LogP contribution in [0.25, 0.3) is 0 Å². The Morgan fingerprint density at radius 1 is 0.938 bits per heavy atom. The molecule has 0 radical (unpaired) electrons. The van der Waals surface area contributed by atoms with E-state index in [-0.39, 0.29) is 0 Å². The van der Waals surface area contributed by atoms with E-state index in [1.165, 1.54) is 38.5 Å². The van der Waals surface area contributed by atoms with E-state index in [0.29, 0.717) is 6.04 Å². The van der Waals surface area contributed by atoms with Gasteiger partial charge in [-0.1, -0.05) is 12.8 Å². The smallest absolute Gasteiger partial charge is 0.0272 e. The van der Waals surface area contributed by atoms with Crippen LogP contribution in [0.3, 0.4) is 0 Å². The molecule has 0 saturated heterocycles. The molecule has 0 aromatic heterocycles. The molecule has 4 saturated carbocycles. The maximum absolute atomic E-state index is 5.86. The lowest BCUT2D eigenvalue weighted by Crippen LogP contribution is -2.43. The third kappa shape index (κ3) is 1.20. The largest absolute Gasteiger partial charge is 0.271 e. The molecular formula is C14H24N2. The van der Waals surface area contributed by atoms with Gasteiger partial charge in [0.25, 0.3) is 0 Å². The van der Waals surface area contributed by atoms with Gasteiger partial charge in [0.05, 0.1) is 0 Å². The van der Waals surface area contributed by atoms with E-state index < -0.39 is 0 Å². The van der Waals surface area contributed by atoms with Gasteiger partial charge in [0.15, 0.2) is 0 Å². The van der Waals surface area contributed by atoms with Crippen molar-refractivity contribution in [2.24, 2.45) is 41.4 Å². The van der Waals surface area contributed by atoms with Crippen LogP contribution in [0.15, 0.2) is 0 Å². The van der Waals surface area contributed by atoms with Crippen molar-refractivity contribution in [1.82, 2.24) is 5.43 Å². The number of hydrogen-bond donors (Lipinski definition) is 2. The Morgan fingerprint density at radius 2 is 1.56 bits per heavy atom. The highest BCUT2D eigenvalue weighted by molar-refractivity contribution is 5.16. The Bertz CT molecular complexity index is 268. The number of fused-ring (bicyclic) bond motifs is 5. The monoisotopic (exact) mass is 220 g/mol. The summed E-state index contributed by atoms with van der Waals surface area (Å²) in [5.41, 5.74) is 3.20. The second kappa shape index (κ2) is 3.46. The Labute approximate surface area is 98.3 Å². The summed E-state index contributed by atoms with van der Waals surface area (Å²) in [5, 5.41) is 0. The molecule has 0 amide bonds. The van der Waals surface area contributed by atoms with E-state index in [0.717, 1.165) is 35.5 Å². The van der Waals surface area contributed by atoms with Crippen molar-refractivity contribution in [3.63, 3.8) is 0 Å². The minimum atomic E-state index is 0.667. The lowest BCUT2D eigenvalue weighted by atomic mass is 9.88. The van der Waals surface area contributed by atoms with E-state index in [1.807, 2.05) is 0 Å². The Hall–Kier alpha value is -0.0800. The van der Waals surface area contributed by atoms with E-state index in [9.17, 15) is 0 Å². The van der Waals surface area contributed by atoms with Gasteiger partial charge in [0.1, 0.15) is 0 Å². The third-order valence-corrected chi connectivity index (χ3v) is 6.31. The Kier molecular flexibility index (Phi) is 2.14. The van der Waals surface area contributed by atoms with Gasteiger partial charge < -0.3 is 0 Å². The minimum Gasteiger partial charge on any atom is -0.271 e. The first kappa shape index (κ1) is 9.90. The topological polar surface area (TPSA) is 38.0 Å². The number of rotatable bonds is 3. The number of nitrogens with two attached hydrogens (primary N) is 1. The van der Waals surface area contributed by atoms with Crippen molar-refractivity contribution in [2.45, 2.75) is 51.0 Å². The summed E-state index contributed by atoms with van der Waals surface area (Å²) in [7, 11) is 0.